The van der Waals surface area contributed by atoms with Gasteiger partial charge >= 0.3 is 0 Å². The van der Waals surface area contributed by atoms with E-state index < -0.39 is 0 Å². The van der Waals surface area contributed by atoms with E-state index >= 15 is 0 Å². The molecule has 2 aromatic heterocycles. The van der Waals surface area contributed by atoms with Gasteiger partial charge in [-0.15, -0.1) is 21.5 Å². The summed E-state index contributed by atoms with van der Waals surface area (Å²) in [5.74, 6) is -0.142. The number of hydrogen-bond acceptors (Lipinski definition) is 6. The molecule has 0 radical (unpaired) electrons. The van der Waals surface area contributed by atoms with Crippen molar-refractivity contribution in [3.8, 4) is 0 Å². The number of amides is 1. The molecule has 2 heterocycles. The first-order valence-corrected chi connectivity index (χ1v) is 6.98. The first kappa shape index (κ1) is 13.1. The van der Waals surface area contributed by atoms with E-state index in [-0.39, 0.29) is 5.91 Å². The van der Waals surface area contributed by atoms with Gasteiger partial charge in [-0.2, -0.15) is 0 Å². The fourth-order valence-corrected chi connectivity index (χ4v) is 2.96. The van der Waals surface area contributed by atoms with Crippen LogP contribution in [0.1, 0.15) is 25.8 Å². The van der Waals surface area contributed by atoms with E-state index in [4.69, 9.17) is 4.74 Å². The molecule has 96 valence electrons. The SMILES string of the molecule is COCc1nnc(NC(=O)c2csc(C)c2C)s1. The smallest absolute Gasteiger partial charge is 0.258 e. The second-order valence-corrected chi connectivity index (χ2v) is 5.86. The predicted molar refractivity (Wildman–Crippen MR) is 72.4 cm³/mol. The van der Waals surface area contributed by atoms with Gasteiger partial charge < -0.3 is 4.74 Å². The summed E-state index contributed by atoms with van der Waals surface area (Å²) < 4.78 is 4.95. The Hall–Kier alpha value is -1.31. The van der Waals surface area contributed by atoms with Crippen molar-refractivity contribution in [2.75, 3.05) is 12.4 Å². The molecule has 0 saturated heterocycles. The second kappa shape index (κ2) is 5.55. The highest BCUT2D eigenvalue weighted by molar-refractivity contribution is 7.15. The highest BCUT2D eigenvalue weighted by Gasteiger charge is 2.14. The third kappa shape index (κ3) is 2.74. The summed E-state index contributed by atoms with van der Waals surface area (Å²) in [7, 11) is 1.59. The number of methoxy groups -OCH3 is 1. The van der Waals surface area contributed by atoms with Crippen LogP contribution in [0.4, 0.5) is 5.13 Å². The molecule has 0 aliphatic rings. The Kier molecular flexibility index (Phi) is 4.05. The zero-order valence-corrected chi connectivity index (χ0v) is 11.9. The molecule has 0 aliphatic heterocycles. The zero-order chi connectivity index (χ0) is 13.1. The van der Waals surface area contributed by atoms with Gasteiger partial charge in [0.25, 0.3) is 5.91 Å². The fraction of sp³-hybridized carbons (Fsp3) is 0.364. The summed E-state index contributed by atoms with van der Waals surface area (Å²) >= 11 is 2.89. The van der Waals surface area contributed by atoms with Gasteiger partial charge in [-0.25, -0.2) is 0 Å². The molecule has 2 aromatic rings. The van der Waals surface area contributed by atoms with Crippen molar-refractivity contribution in [3.63, 3.8) is 0 Å². The van der Waals surface area contributed by atoms with Crippen molar-refractivity contribution in [2.24, 2.45) is 0 Å². The first-order chi connectivity index (χ1) is 8.61. The number of thiophene rings is 1. The molecule has 0 aliphatic carbocycles. The van der Waals surface area contributed by atoms with Crippen molar-refractivity contribution in [1.29, 1.82) is 0 Å². The zero-order valence-electron chi connectivity index (χ0n) is 10.3. The molecule has 0 saturated carbocycles. The quantitative estimate of drug-likeness (QED) is 0.936. The molecule has 5 nitrogen and oxygen atoms in total. The van der Waals surface area contributed by atoms with Gasteiger partial charge in [0.05, 0.1) is 5.56 Å². The average Bonchev–Trinajstić information content (AvgIpc) is 2.89. The lowest BCUT2D eigenvalue weighted by Crippen LogP contribution is -2.12. The van der Waals surface area contributed by atoms with Crippen molar-refractivity contribution in [1.82, 2.24) is 10.2 Å². The number of carbonyl (C=O) groups is 1. The van der Waals surface area contributed by atoms with Crippen LogP contribution in [0.15, 0.2) is 5.38 Å². The minimum Gasteiger partial charge on any atom is -0.377 e. The fourth-order valence-electron chi connectivity index (χ4n) is 1.39. The second-order valence-electron chi connectivity index (χ2n) is 3.72. The lowest BCUT2D eigenvalue weighted by Gasteiger charge is -2.00. The summed E-state index contributed by atoms with van der Waals surface area (Å²) in [6, 6.07) is 0. The van der Waals surface area contributed by atoms with E-state index in [2.05, 4.69) is 15.5 Å². The normalized spacial score (nSPS) is 10.6. The molecule has 1 amide bonds. The Morgan fingerprint density at radius 3 is 2.83 bits per heavy atom. The number of carbonyl (C=O) groups excluding carboxylic acids is 1. The molecule has 18 heavy (non-hydrogen) atoms. The van der Waals surface area contributed by atoms with E-state index in [0.29, 0.717) is 17.3 Å². The van der Waals surface area contributed by atoms with E-state index in [1.165, 1.54) is 11.3 Å². The van der Waals surface area contributed by atoms with Crippen molar-refractivity contribution in [3.05, 3.63) is 26.4 Å². The molecular weight excluding hydrogens is 270 g/mol. The summed E-state index contributed by atoms with van der Waals surface area (Å²) in [5.41, 5.74) is 1.71. The van der Waals surface area contributed by atoms with Crippen LogP contribution in [0.5, 0.6) is 0 Å². The first-order valence-electron chi connectivity index (χ1n) is 5.29. The van der Waals surface area contributed by atoms with Crippen LogP contribution >= 0.6 is 22.7 Å². The van der Waals surface area contributed by atoms with Crippen LogP contribution in [0.3, 0.4) is 0 Å². The van der Waals surface area contributed by atoms with E-state index in [0.717, 1.165) is 15.4 Å². The highest BCUT2D eigenvalue weighted by Crippen LogP contribution is 2.22. The maximum atomic E-state index is 12.0. The Labute approximate surface area is 113 Å². The summed E-state index contributed by atoms with van der Waals surface area (Å²) in [6.45, 7) is 4.35. The molecule has 0 spiro atoms. The number of rotatable bonds is 4. The van der Waals surface area contributed by atoms with Crippen LogP contribution < -0.4 is 5.32 Å². The van der Waals surface area contributed by atoms with Gasteiger partial charge in [0.15, 0.2) is 0 Å². The number of anilines is 1. The molecule has 0 unspecified atom stereocenters. The largest absolute Gasteiger partial charge is 0.377 e. The van der Waals surface area contributed by atoms with Crippen molar-refractivity contribution in [2.45, 2.75) is 20.5 Å². The lowest BCUT2D eigenvalue weighted by molar-refractivity contribution is 0.102. The predicted octanol–water partition coefficient (Wildman–Crippen LogP) is 2.62. The van der Waals surface area contributed by atoms with E-state index in [1.54, 1.807) is 18.4 Å². The van der Waals surface area contributed by atoms with Gasteiger partial charge in [-0.3, -0.25) is 10.1 Å². The number of nitrogens with zero attached hydrogens (tertiary/aromatic N) is 2. The van der Waals surface area contributed by atoms with Crippen molar-refractivity contribution >= 4 is 33.7 Å². The molecule has 2 rings (SSSR count). The molecular formula is C11H13N3O2S2. The molecule has 0 aromatic carbocycles. The van der Waals surface area contributed by atoms with Gasteiger partial charge in [0, 0.05) is 17.4 Å². The Morgan fingerprint density at radius 1 is 1.44 bits per heavy atom. The Morgan fingerprint density at radius 2 is 2.22 bits per heavy atom. The number of aryl methyl sites for hydroxylation is 1. The molecule has 0 bridgehead atoms. The monoisotopic (exact) mass is 283 g/mol. The summed E-state index contributed by atoms with van der Waals surface area (Å²) in [4.78, 5) is 13.2. The number of nitrogens with one attached hydrogen (secondary N) is 1. The molecule has 0 fully saturated rings. The van der Waals surface area contributed by atoms with Crippen LogP contribution in [-0.4, -0.2) is 23.2 Å². The third-order valence-corrected chi connectivity index (χ3v) is 4.31. The lowest BCUT2D eigenvalue weighted by atomic mass is 10.2. The van der Waals surface area contributed by atoms with Gasteiger partial charge in [-0.1, -0.05) is 11.3 Å². The minimum atomic E-state index is -0.142. The van der Waals surface area contributed by atoms with Gasteiger partial charge in [0.1, 0.15) is 11.6 Å². The Balaban J connectivity index is 2.09. The maximum Gasteiger partial charge on any atom is 0.258 e. The van der Waals surface area contributed by atoms with Crippen LogP contribution in [0, 0.1) is 13.8 Å². The number of aromatic nitrogens is 2. The van der Waals surface area contributed by atoms with Crippen LogP contribution in [0.2, 0.25) is 0 Å². The molecule has 0 atom stereocenters. The summed E-state index contributed by atoms with van der Waals surface area (Å²) in [6.07, 6.45) is 0. The third-order valence-electron chi connectivity index (χ3n) is 2.49. The number of hydrogen-bond donors (Lipinski definition) is 1. The minimum absolute atomic E-state index is 0.142. The molecule has 7 heteroatoms. The topological polar surface area (TPSA) is 64.1 Å². The highest BCUT2D eigenvalue weighted by atomic mass is 32.1. The van der Waals surface area contributed by atoms with Crippen molar-refractivity contribution < 1.29 is 9.53 Å². The Bertz CT molecular complexity index is 562. The van der Waals surface area contributed by atoms with Gasteiger partial charge in [0.2, 0.25) is 5.13 Å². The van der Waals surface area contributed by atoms with Crippen LogP contribution in [-0.2, 0) is 11.3 Å². The van der Waals surface area contributed by atoms with Gasteiger partial charge in [-0.05, 0) is 19.4 Å². The standard InChI is InChI=1S/C11H13N3O2S2/c1-6-7(2)17-5-8(6)10(15)12-11-14-13-9(18-11)4-16-3/h5H,4H2,1-3H3,(H,12,14,15). The molecule has 1 N–H and O–H groups in total. The van der Waals surface area contributed by atoms with E-state index in [9.17, 15) is 4.79 Å². The number of ether oxygens (including phenoxy) is 1. The average molecular weight is 283 g/mol. The van der Waals surface area contributed by atoms with Crippen LogP contribution in [0.25, 0.3) is 0 Å². The van der Waals surface area contributed by atoms with E-state index in [1.807, 2.05) is 19.2 Å². The summed E-state index contributed by atoms with van der Waals surface area (Å²) in [5, 5.41) is 13.7. The maximum absolute atomic E-state index is 12.0.